The van der Waals surface area contributed by atoms with Gasteiger partial charge >= 0.3 is 0 Å². The van der Waals surface area contributed by atoms with Crippen molar-refractivity contribution in [3.05, 3.63) is 65.7 Å². The maximum atomic E-state index is 14.2. The van der Waals surface area contributed by atoms with Crippen LogP contribution in [0.2, 0.25) is 0 Å². The molecular formula is C21H26FN3O2. The fraction of sp³-hybridized carbons (Fsp3) is 0.429. The van der Waals surface area contributed by atoms with E-state index in [4.69, 9.17) is 4.74 Å². The molecule has 2 heterocycles. The Morgan fingerprint density at radius 2 is 2.00 bits per heavy atom. The molecule has 0 spiro atoms. The van der Waals surface area contributed by atoms with Crippen LogP contribution in [0.5, 0.6) is 0 Å². The van der Waals surface area contributed by atoms with E-state index in [0.717, 1.165) is 18.4 Å². The first kappa shape index (κ1) is 19.5. The molecule has 1 atom stereocenters. The quantitative estimate of drug-likeness (QED) is 0.783. The highest BCUT2D eigenvalue weighted by Crippen LogP contribution is 2.26. The second kappa shape index (κ2) is 9.06. The molecule has 0 saturated carbocycles. The number of hydrogen-bond donors (Lipinski definition) is 0. The average Bonchev–Trinajstić information content (AvgIpc) is 2.69. The zero-order chi connectivity index (χ0) is 19.2. The molecule has 0 bridgehead atoms. The Hall–Kier alpha value is -2.31. The van der Waals surface area contributed by atoms with Crippen molar-refractivity contribution in [2.24, 2.45) is 0 Å². The zero-order valence-corrected chi connectivity index (χ0v) is 15.8. The zero-order valence-electron chi connectivity index (χ0n) is 15.8. The lowest BCUT2D eigenvalue weighted by Crippen LogP contribution is -2.46. The third kappa shape index (κ3) is 4.90. The van der Waals surface area contributed by atoms with E-state index in [2.05, 4.69) is 4.98 Å². The number of nitrogens with zero attached hydrogens (tertiary/aromatic N) is 3. The summed E-state index contributed by atoms with van der Waals surface area (Å²) < 4.78 is 20.2. The summed E-state index contributed by atoms with van der Waals surface area (Å²) in [5.41, 5.74) is 1.46. The van der Waals surface area contributed by atoms with Gasteiger partial charge in [0.05, 0.1) is 12.7 Å². The lowest BCUT2D eigenvalue weighted by molar-refractivity contribution is -0.139. The van der Waals surface area contributed by atoms with Crippen LogP contribution in [0.25, 0.3) is 0 Å². The van der Waals surface area contributed by atoms with Crippen LogP contribution in [0.1, 0.15) is 30.0 Å². The lowest BCUT2D eigenvalue weighted by Gasteiger charge is -2.36. The summed E-state index contributed by atoms with van der Waals surface area (Å²) in [7, 11) is 3.61. The highest BCUT2D eigenvalue weighted by Gasteiger charge is 2.32. The smallest absolute Gasteiger partial charge is 0.244 e. The molecule has 27 heavy (non-hydrogen) atoms. The van der Waals surface area contributed by atoms with Gasteiger partial charge in [-0.2, -0.15) is 0 Å². The van der Waals surface area contributed by atoms with Crippen molar-refractivity contribution < 1.29 is 13.9 Å². The molecule has 1 fully saturated rings. The van der Waals surface area contributed by atoms with E-state index in [1.54, 1.807) is 49.6 Å². The molecule has 1 aromatic heterocycles. The number of carbonyl (C=O) groups excluding carboxylic acids is 1. The third-order valence-electron chi connectivity index (χ3n) is 4.91. The molecule has 1 amide bonds. The first-order valence-corrected chi connectivity index (χ1v) is 9.26. The maximum Gasteiger partial charge on any atom is 0.244 e. The van der Waals surface area contributed by atoms with Crippen LogP contribution in [0.3, 0.4) is 0 Å². The van der Waals surface area contributed by atoms with E-state index in [0.29, 0.717) is 25.3 Å². The number of likely N-dealkylation sites (N-methyl/N-ethyl adjacent to an activating group) is 1. The molecule has 1 aliphatic rings. The number of pyridine rings is 1. The minimum Gasteiger partial charge on any atom is -0.373 e. The molecule has 3 rings (SSSR count). The highest BCUT2D eigenvalue weighted by atomic mass is 19.1. The van der Waals surface area contributed by atoms with Gasteiger partial charge in [-0.1, -0.05) is 24.3 Å². The van der Waals surface area contributed by atoms with E-state index in [9.17, 15) is 9.18 Å². The molecule has 0 radical (unpaired) electrons. The molecule has 6 heteroatoms. The molecule has 1 aliphatic heterocycles. The molecule has 5 nitrogen and oxygen atoms in total. The Kier molecular flexibility index (Phi) is 6.53. The van der Waals surface area contributed by atoms with Crippen LogP contribution in [0, 0.1) is 5.82 Å². The van der Waals surface area contributed by atoms with E-state index in [-0.39, 0.29) is 17.8 Å². The fourth-order valence-electron chi connectivity index (χ4n) is 3.44. The van der Waals surface area contributed by atoms with Gasteiger partial charge in [-0.15, -0.1) is 0 Å². The minimum absolute atomic E-state index is 0.0594. The number of rotatable bonds is 6. The fourth-order valence-corrected chi connectivity index (χ4v) is 3.44. The second-order valence-corrected chi connectivity index (χ2v) is 7.08. The van der Waals surface area contributed by atoms with Gasteiger partial charge in [0.1, 0.15) is 11.9 Å². The summed E-state index contributed by atoms with van der Waals surface area (Å²) in [6.45, 7) is 1.77. The normalized spacial score (nSPS) is 16.5. The Bertz CT molecular complexity index is 746. The first-order chi connectivity index (χ1) is 13.1. The Labute approximate surface area is 159 Å². The SMILES string of the molecule is CN(C)C(C(=O)N1CCC(OCc2cccnc2)CC1)c1ccccc1F. The molecule has 1 unspecified atom stereocenters. The summed E-state index contributed by atoms with van der Waals surface area (Å²) in [5, 5.41) is 0. The molecule has 0 N–H and O–H groups in total. The van der Waals surface area contributed by atoms with E-state index in [1.165, 1.54) is 6.07 Å². The van der Waals surface area contributed by atoms with Gasteiger partial charge in [0.15, 0.2) is 0 Å². The van der Waals surface area contributed by atoms with Crippen LogP contribution in [-0.2, 0) is 16.1 Å². The number of amides is 1. The van der Waals surface area contributed by atoms with Gasteiger partial charge in [0.2, 0.25) is 5.91 Å². The van der Waals surface area contributed by atoms with Crippen molar-refractivity contribution in [2.75, 3.05) is 27.2 Å². The van der Waals surface area contributed by atoms with Crippen LogP contribution in [0.15, 0.2) is 48.8 Å². The van der Waals surface area contributed by atoms with Gasteiger partial charge in [0.25, 0.3) is 0 Å². The molecule has 1 aromatic carbocycles. The van der Waals surface area contributed by atoms with Crippen molar-refractivity contribution in [3.8, 4) is 0 Å². The van der Waals surface area contributed by atoms with E-state index < -0.39 is 6.04 Å². The molecule has 1 saturated heterocycles. The molecular weight excluding hydrogens is 345 g/mol. The predicted octanol–water partition coefficient (Wildman–Crippen LogP) is 3.03. The maximum absolute atomic E-state index is 14.2. The Morgan fingerprint density at radius 3 is 2.63 bits per heavy atom. The summed E-state index contributed by atoms with van der Waals surface area (Å²) in [6.07, 6.45) is 5.23. The topological polar surface area (TPSA) is 45.7 Å². The summed E-state index contributed by atoms with van der Waals surface area (Å²) in [5.74, 6) is -0.407. The largest absolute Gasteiger partial charge is 0.373 e. The standard InChI is InChI=1S/C21H26FN3O2/c1-24(2)20(18-7-3-4-8-19(18)22)21(26)25-12-9-17(10-13-25)27-15-16-6-5-11-23-14-16/h3-8,11,14,17,20H,9-10,12-13,15H2,1-2H3. The number of aromatic nitrogens is 1. The van der Waals surface area contributed by atoms with Crippen LogP contribution >= 0.6 is 0 Å². The molecule has 2 aromatic rings. The monoisotopic (exact) mass is 371 g/mol. The van der Waals surface area contributed by atoms with Crippen molar-refractivity contribution in [2.45, 2.75) is 31.6 Å². The number of piperidine rings is 1. The number of hydrogen-bond acceptors (Lipinski definition) is 4. The molecule has 0 aliphatic carbocycles. The number of benzene rings is 1. The summed E-state index contributed by atoms with van der Waals surface area (Å²) >= 11 is 0. The van der Waals surface area contributed by atoms with Crippen molar-refractivity contribution in [1.29, 1.82) is 0 Å². The Morgan fingerprint density at radius 1 is 1.26 bits per heavy atom. The van der Waals surface area contributed by atoms with Crippen LogP contribution in [0.4, 0.5) is 4.39 Å². The number of carbonyl (C=O) groups is 1. The Balaban J connectivity index is 1.57. The van der Waals surface area contributed by atoms with Gasteiger partial charge in [0, 0.05) is 31.0 Å². The van der Waals surface area contributed by atoms with Crippen LogP contribution < -0.4 is 0 Å². The lowest BCUT2D eigenvalue weighted by atomic mass is 10.0. The van der Waals surface area contributed by atoms with Crippen molar-refractivity contribution >= 4 is 5.91 Å². The average molecular weight is 371 g/mol. The van der Waals surface area contributed by atoms with Gasteiger partial charge in [-0.3, -0.25) is 14.7 Å². The number of likely N-dealkylation sites (tertiary alicyclic amines) is 1. The van der Waals surface area contributed by atoms with E-state index >= 15 is 0 Å². The van der Waals surface area contributed by atoms with Gasteiger partial charge in [-0.25, -0.2) is 4.39 Å². The van der Waals surface area contributed by atoms with Gasteiger partial charge < -0.3 is 9.64 Å². The summed E-state index contributed by atoms with van der Waals surface area (Å²) in [4.78, 5) is 20.7. The number of ether oxygens (including phenoxy) is 1. The number of halogens is 1. The van der Waals surface area contributed by atoms with Crippen molar-refractivity contribution in [3.63, 3.8) is 0 Å². The predicted molar refractivity (Wildman–Crippen MR) is 101 cm³/mol. The summed E-state index contributed by atoms with van der Waals surface area (Å²) in [6, 6.07) is 9.76. The highest BCUT2D eigenvalue weighted by molar-refractivity contribution is 5.83. The van der Waals surface area contributed by atoms with E-state index in [1.807, 2.05) is 17.0 Å². The van der Waals surface area contributed by atoms with Crippen molar-refractivity contribution in [1.82, 2.24) is 14.8 Å². The second-order valence-electron chi connectivity index (χ2n) is 7.08. The first-order valence-electron chi connectivity index (χ1n) is 9.26. The third-order valence-corrected chi connectivity index (χ3v) is 4.91. The molecule has 144 valence electrons. The minimum atomic E-state index is -0.612. The van der Waals surface area contributed by atoms with Gasteiger partial charge in [-0.05, 0) is 44.6 Å². The van der Waals surface area contributed by atoms with Crippen LogP contribution in [-0.4, -0.2) is 54.0 Å².